The molecule has 44 heavy (non-hydrogen) atoms. The van der Waals surface area contributed by atoms with Gasteiger partial charge in [0.15, 0.2) is 0 Å². The molecule has 3 rings (SSSR count). The van der Waals surface area contributed by atoms with Gasteiger partial charge in [0.05, 0.1) is 30.5 Å². The molecule has 2 aromatic carbocycles. The standard InChI is InChI=1S/C37H50N2O5/c1-3-14-31(25-35(41)38-33(26-40)23-29-18-10-6-11-19-29)36(42)39-34(24-30-20-12-7-13-21-30)27-44-37(43)32(15-4-2)22-28-16-8-5-9-17-28/h3-6,8-11,16-19,30-34,40H,1-2,7,12-15,20-27H2,(H,38,41)(H,39,42)/t31-,32+,33-,34+/m1/s1. The second kappa shape index (κ2) is 19.5. The lowest BCUT2D eigenvalue weighted by Crippen LogP contribution is -2.45. The lowest BCUT2D eigenvalue weighted by atomic mass is 9.84. The molecule has 1 saturated carbocycles. The third-order valence-electron chi connectivity index (χ3n) is 8.39. The second-order valence-corrected chi connectivity index (χ2v) is 12.0. The van der Waals surface area contributed by atoms with E-state index >= 15 is 0 Å². The summed E-state index contributed by atoms with van der Waals surface area (Å²) < 4.78 is 5.85. The number of ether oxygens (including phenoxy) is 1. The van der Waals surface area contributed by atoms with Crippen LogP contribution in [0.5, 0.6) is 0 Å². The van der Waals surface area contributed by atoms with E-state index in [1.807, 2.05) is 60.7 Å². The van der Waals surface area contributed by atoms with Gasteiger partial charge in [0, 0.05) is 6.42 Å². The summed E-state index contributed by atoms with van der Waals surface area (Å²) in [4.78, 5) is 39.7. The van der Waals surface area contributed by atoms with E-state index in [-0.39, 0.29) is 49.4 Å². The Balaban J connectivity index is 1.62. The van der Waals surface area contributed by atoms with Crippen LogP contribution in [0.15, 0.2) is 86.0 Å². The summed E-state index contributed by atoms with van der Waals surface area (Å²) in [6, 6.07) is 18.7. The van der Waals surface area contributed by atoms with Crippen molar-refractivity contribution in [3.63, 3.8) is 0 Å². The SMILES string of the molecule is C=CC[C@H](CC(=O)N[C@@H](CO)Cc1ccccc1)C(=O)N[C@H](COC(=O)[C@@H](CC=C)Cc1ccccc1)CC1CCCCC1. The van der Waals surface area contributed by atoms with Gasteiger partial charge in [-0.15, -0.1) is 13.2 Å². The van der Waals surface area contributed by atoms with Crippen LogP contribution in [-0.4, -0.2) is 48.2 Å². The fourth-order valence-electron chi connectivity index (χ4n) is 6.03. The minimum atomic E-state index is -0.625. The van der Waals surface area contributed by atoms with E-state index in [2.05, 4.69) is 23.8 Å². The number of rotatable bonds is 19. The average Bonchev–Trinajstić information content (AvgIpc) is 3.04. The smallest absolute Gasteiger partial charge is 0.309 e. The Labute approximate surface area is 263 Å². The molecule has 0 saturated heterocycles. The van der Waals surface area contributed by atoms with E-state index in [0.29, 0.717) is 31.6 Å². The molecule has 2 amide bonds. The number of esters is 1. The first-order valence-corrected chi connectivity index (χ1v) is 16.1. The molecule has 2 aromatic rings. The molecule has 4 atom stereocenters. The summed E-state index contributed by atoms with van der Waals surface area (Å²) >= 11 is 0. The van der Waals surface area contributed by atoms with Crippen molar-refractivity contribution in [2.24, 2.45) is 17.8 Å². The van der Waals surface area contributed by atoms with Gasteiger partial charge in [0.1, 0.15) is 6.61 Å². The lowest BCUT2D eigenvalue weighted by Gasteiger charge is -2.28. The third kappa shape index (κ3) is 12.5. The molecule has 0 aliphatic heterocycles. The van der Waals surface area contributed by atoms with Crippen LogP contribution < -0.4 is 10.6 Å². The maximum Gasteiger partial charge on any atom is 0.309 e. The molecule has 238 valence electrons. The number of aliphatic hydroxyl groups is 1. The van der Waals surface area contributed by atoms with E-state index in [0.717, 1.165) is 43.2 Å². The van der Waals surface area contributed by atoms with Gasteiger partial charge in [0.2, 0.25) is 11.8 Å². The first kappa shape index (κ1) is 34.8. The molecule has 1 aliphatic carbocycles. The van der Waals surface area contributed by atoms with Crippen molar-refractivity contribution in [3.05, 3.63) is 97.1 Å². The van der Waals surface area contributed by atoms with Crippen molar-refractivity contribution in [2.75, 3.05) is 13.2 Å². The number of nitrogens with one attached hydrogen (secondary N) is 2. The van der Waals surface area contributed by atoms with Gasteiger partial charge in [-0.2, -0.15) is 0 Å². The predicted molar refractivity (Wildman–Crippen MR) is 175 cm³/mol. The largest absolute Gasteiger partial charge is 0.463 e. The Morgan fingerprint density at radius 2 is 1.41 bits per heavy atom. The fourth-order valence-corrected chi connectivity index (χ4v) is 6.03. The number of allylic oxidation sites excluding steroid dienone is 2. The Bertz CT molecular complexity index is 1160. The minimum absolute atomic E-state index is 0.0302. The average molecular weight is 603 g/mol. The van der Waals surface area contributed by atoms with Gasteiger partial charge in [-0.25, -0.2) is 0 Å². The molecular formula is C37H50N2O5. The number of hydrogen-bond donors (Lipinski definition) is 3. The lowest BCUT2D eigenvalue weighted by molar-refractivity contribution is -0.150. The molecule has 1 fully saturated rings. The number of aliphatic hydroxyl groups excluding tert-OH is 1. The monoisotopic (exact) mass is 602 g/mol. The molecule has 0 bridgehead atoms. The topological polar surface area (TPSA) is 105 Å². The summed E-state index contributed by atoms with van der Waals surface area (Å²) in [6.45, 7) is 7.50. The minimum Gasteiger partial charge on any atom is -0.463 e. The van der Waals surface area contributed by atoms with E-state index in [4.69, 9.17) is 4.74 Å². The van der Waals surface area contributed by atoms with Gasteiger partial charge in [0.25, 0.3) is 0 Å². The normalized spacial score (nSPS) is 16.1. The molecule has 7 heteroatoms. The molecule has 0 aromatic heterocycles. The predicted octanol–water partition coefficient (Wildman–Crippen LogP) is 5.72. The zero-order valence-corrected chi connectivity index (χ0v) is 26.0. The van der Waals surface area contributed by atoms with E-state index in [1.165, 1.54) is 6.42 Å². The van der Waals surface area contributed by atoms with E-state index in [1.54, 1.807) is 12.2 Å². The summed E-state index contributed by atoms with van der Waals surface area (Å²) in [7, 11) is 0. The van der Waals surface area contributed by atoms with Crippen molar-refractivity contribution in [3.8, 4) is 0 Å². The van der Waals surface area contributed by atoms with Crippen LogP contribution in [0, 0.1) is 17.8 Å². The fraction of sp³-hybridized carbons (Fsp3) is 0.486. The summed E-state index contributed by atoms with van der Waals surface area (Å²) in [5.74, 6) is -1.39. The number of benzene rings is 2. The number of carbonyl (C=O) groups is 3. The van der Waals surface area contributed by atoms with Gasteiger partial charge < -0.3 is 20.5 Å². The number of amides is 2. The van der Waals surface area contributed by atoms with Gasteiger partial charge >= 0.3 is 5.97 Å². The van der Waals surface area contributed by atoms with E-state index in [9.17, 15) is 19.5 Å². The van der Waals surface area contributed by atoms with Crippen molar-refractivity contribution in [1.82, 2.24) is 10.6 Å². The first-order chi connectivity index (χ1) is 21.4. The molecule has 7 nitrogen and oxygen atoms in total. The Hall–Kier alpha value is -3.71. The zero-order valence-electron chi connectivity index (χ0n) is 26.0. The molecule has 3 N–H and O–H groups in total. The van der Waals surface area contributed by atoms with E-state index < -0.39 is 12.0 Å². The molecule has 0 unspecified atom stereocenters. The molecular weight excluding hydrogens is 552 g/mol. The molecule has 1 aliphatic rings. The van der Waals surface area contributed by atoms with Gasteiger partial charge in [-0.1, -0.05) is 105 Å². The van der Waals surface area contributed by atoms with Crippen LogP contribution in [0.3, 0.4) is 0 Å². The maximum atomic E-state index is 13.5. The van der Waals surface area contributed by atoms with Crippen LogP contribution in [0.25, 0.3) is 0 Å². The molecule has 0 spiro atoms. The van der Waals surface area contributed by atoms with Gasteiger partial charge in [-0.3, -0.25) is 14.4 Å². The highest BCUT2D eigenvalue weighted by atomic mass is 16.5. The maximum absolute atomic E-state index is 13.5. The number of carbonyl (C=O) groups excluding carboxylic acids is 3. The van der Waals surface area contributed by atoms with Crippen LogP contribution >= 0.6 is 0 Å². The van der Waals surface area contributed by atoms with Crippen LogP contribution in [-0.2, 0) is 32.0 Å². The first-order valence-electron chi connectivity index (χ1n) is 16.1. The quantitative estimate of drug-likeness (QED) is 0.141. The van der Waals surface area contributed by atoms with Crippen molar-refractivity contribution in [1.29, 1.82) is 0 Å². The Morgan fingerprint density at radius 1 is 0.818 bits per heavy atom. The summed E-state index contributed by atoms with van der Waals surface area (Å²) in [6.07, 6.45) is 11.7. The van der Waals surface area contributed by atoms with Crippen LogP contribution in [0.1, 0.15) is 68.9 Å². The molecule has 0 heterocycles. The Kier molecular flexibility index (Phi) is 15.4. The Morgan fingerprint density at radius 3 is 2.00 bits per heavy atom. The third-order valence-corrected chi connectivity index (χ3v) is 8.39. The van der Waals surface area contributed by atoms with Crippen molar-refractivity contribution < 1.29 is 24.2 Å². The summed E-state index contributed by atoms with van der Waals surface area (Å²) in [5, 5.41) is 15.9. The second-order valence-electron chi connectivity index (χ2n) is 12.0. The number of hydrogen-bond acceptors (Lipinski definition) is 5. The highest BCUT2D eigenvalue weighted by Crippen LogP contribution is 2.28. The highest BCUT2D eigenvalue weighted by molar-refractivity contribution is 5.86. The summed E-state index contributed by atoms with van der Waals surface area (Å²) in [5.41, 5.74) is 2.06. The highest BCUT2D eigenvalue weighted by Gasteiger charge is 2.28. The van der Waals surface area contributed by atoms with Crippen LogP contribution in [0.4, 0.5) is 0 Å². The van der Waals surface area contributed by atoms with Crippen molar-refractivity contribution in [2.45, 2.75) is 82.7 Å². The van der Waals surface area contributed by atoms with Gasteiger partial charge in [-0.05, 0) is 49.1 Å². The van der Waals surface area contributed by atoms with Crippen LogP contribution in [0.2, 0.25) is 0 Å². The zero-order chi connectivity index (χ0) is 31.6. The molecule has 0 radical (unpaired) electrons. The van der Waals surface area contributed by atoms with Crippen molar-refractivity contribution >= 4 is 17.8 Å².